The van der Waals surface area contributed by atoms with Gasteiger partial charge in [0.1, 0.15) is 5.52 Å². The number of nitrogens with zero attached hydrogens (tertiary/aromatic N) is 2. The number of rotatable bonds is 1. The van der Waals surface area contributed by atoms with Crippen LogP contribution in [0.1, 0.15) is 26.0 Å². The zero-order valence-electron chi connectivity index (χ0n) is 12.0. The van der Waals surface area contributed by atoms with Crippen molar-refractivity contribution in [3.8, 4) is 0 Å². The molecule has 0 amide bonds. The summed E-state index contributed by atoms with van der Waals surface area (Å²) in [5, 5.41) is 12.8. The summed E-state index contributed by atoms with van der Waals surface area (Å²) in [5.41, 5.74) is -0.0661. The zero-order chi connectivity index (χ0) is 15.4. The summed E-state index contributed by atoms with van der Waals surface area (Å²) in [7, 11) is 1.47. The van der Waals surface area contributed by atoms with Crippen molar-refractivity contribution in [2.45, 2.75) is 20.3 Å². The Kier molecular flexibility index (Phi) is 2.79. The van der Waals surface area contributed by atoms with Gasteiger partial charge >= 0.3 is 5.97 Å². The Morgan fingerprint density at radius 3 is 2.81 bits per heavy atom. The highest BCUT2D eigenvalue weighted by atomic mass is 19.1. The Balaban J connectivity index is 2.31. The number of aromatic nitrogens is 2. The van der Waals surface area contributed by atoms with E-state index in [4.69, 9.17) is 4.74 Å². The molecule has 0 unspecified atom stereocenters. The standard InChI is InChI=1S/C15H15FN2O3/c1-15(2)7-11(21-12(19)8-15)14-9-5-4-6-10(16)13(9)17(3)18(14)20/h4-7H,8H2,1-3H3. The van der Waals surface area contributed by atoms with Crippen molar-refractivity contribution in [2.24, 2.45) is 12.5 Å². The molecule has 0 bridgehead atoms. The monoisotopic (exact) mass is 290 g/mol. The first-order valence-electron chi connectivity index (χ1n) is 6.61. The van der Waals surface area contributed by atoms with E-state index in [0.29, 0.717) is 10.2 Å². The van der Waals surface area contributed by atoms with Gasteiger partial charge in [-0.05, 0) is 23.6 Å². The number of ether oxygens (including phenoxy) is 1. The van der Waals surface area contributed by atoms with E-state index >= 15 is 0 Å². The summed E-state index contributed by atoms with van der Waals surface area (Å²) in [6.45, 7) is 3.77. The van der Waals surface area contributed by atoms with Gasteiger partial charge in [-0.2, -0.15) is 0 Å². The highest BCUT2D eigenvalue weighted by molar-refractivity contribution is 5.91. The lowest BCUT2D eigenvalue weighted by Gasteiger charge is -2.24. The van der Waals surface area contributed by atoms with Gasteiger partial charge < -0.3 is 9.94 Å². The maximum absolute atomic E-state index is 13.9. The third-order valence-corrected chi connectivity index (χ3v) is 3.61. The Hall–Kier alpha value is -2.37. The highest BCUT2D eigenvalue weighted by Crippen LogP contribution is 2.35. The van der Waals surface area contributed by atoms with E-state index in [1.165, 1.54) is 19.2 Å². The van der Waals surface area contributed by atoms with Crippen molar-refractivity contribution >= 4 is 22.6 Å². The first-order chi connectivity index (χ1) is 9.80. The number of halogens is 1. The molecule has 21 heavy (non-hydrogen) atoms. The van der Waals surface area contributed by atoms with Crippen LogP contribution in [0.4, 0.5) is 4.39 Å². The van der Waals surface area contributed by atoms with Crippen molar-refractivity contribution in [3.63, 3.8) is 0 Å². The molecule has 6 heteroatoms. The van der Waals surface area contributed by atoms with Crippen molar-refractivity contribution in [1.29, 1.82) is 0 Å². The van der Waals surface area contributed by atoms with Crippen LogP contribution in [0.5, 0.6) is 0 Å². The zero-order valence-corrected chi connectivity index (χ0v) is 12.0. The number of carbonyl (C=O) groups excluding carboxylic acids is 1. The predicted molar refractivity (Wildman–Crippen MR) is 74.3 cm³/mol. The van der Waals surface area contributed by atoms with E-state index in [9.17, 15) is 14.4 Å². The number of benzene rings is 1. The lowest BCUT2D eigenvalue weighted by molar-refractivity contribution is -0.691. The van der Waals surface area contributed by atoms with Gasteiger partial charge in [0.05, 0.1) is 18.9 Å². The number of allylic oxidation sites excluding steroid dienone is 1. The van der Waals surface area contributed by atoms with E-state index in [-0.39, 0.29) is 23.4 Å². The number of fused-ring (bicyclic) bond motifs is 1. The number of carbonyl (C=O) groups is 1. The number of cyclic esters (lactones) is 1. The molecule has 2 aromatic rings. The average Bonchev–Trinajstić information content (AvgIpc) is 2.60. The highest BCUT2D eigenvalue weighted by Gasteiger charge is 2.35. The molecule has 0 N–H and O–H groups in total. The number of esters is 1. The largest absolute Gasteiger partial charge is 0.595 e. The minimum absolute atomic E-state index is 0.160. The molecule has 2 heterocycles. The topological polar surface area (TPSA) is 58.2 Å². The number of para-hydroxylation sites is 1. The third kappa shape index (κ3) is 2.07. The van der Waals surface area contributed by atoms with Crippen molar-refractivity contribution in [1.82, 2.24) is 4.68 Å². The van der Waals surface area contributed by atoms with Crippen LogP contribution in [0.25, 0.3) is 16.7 Å². The van der Waals surface area contributed by atoms with Crippen LogP contribution < -0.4 is 4.85 Å². The van der Waals surface area contributed by atoms with Gasteiger partial charge in [-0.25, -0.2) is 4.39 Å². The van der Waals surface area contributed by atoms with Crippen LogP contribution in [0, 0.1) is 16.4 Å². The Morgan fingerprint density at radius 2 is 2.14 bits per heavy atom. The van der Waals surface area contributed by atoms with Crippen molar-refractivity contribution in [3.05, 3.63) is 41.0 Å². The molecule has 1 aliphatic rings. The van der Waals surface area contributed by atoms with Crippen molar-refractivity contribution < 1.29 is 18.8 Å². The summed E-state index contributed by atoms with van der Waals surface area (Å²) in [6, 6.07) is 4.45. The fourth-order valence-electron chi connectivity index (χ4n) is 2.69. The van der Waals surface area contributed by atoms with Crippen LogP contribution in [-0.2, 0) is 16.6 Å². The minimum atomic E-state index is -0.493. The summed E-state index contributed by atoms with van der Waals surface area (Å²) in [5.74, 6) is -0.707. The van der Waals surface area contributed by atoms with E-state index < -0.39 is 17.2 Å². The maximum atomic E-state index is 13.9. The quantitative estimate of drug-likeness (QED) is 0.460. The Labute approximate surface area is 120 Å². The summed E-state index contributed by atoms with van der Waals surface area (Å²) in [4.78, 5) is 12.3. The van der Waals surface area contributed by atoms with Crippen LogP contribution >= 0.6 is 0 Å². The predicted octanol–water partition coefficient (Wildman–Crippen LogP) is 2.26. The Bertz CT molecular complexity index is 790. The summed E-state index contributed by atoms with van der Waals surface area (Å²) in [6.07, 6.45) is 1.98. The van der Waals surface area contributed by atoms with Gasteiger partial charge in [0.15, 0.2) is 5.82 Å². The fraction of sp³-hybridized carbons (Fsp3) is 0.333. The first kappa shape index (κ1) is 13.6. The lowest BCUT2D eigenvalue weighted by atomic mass is 9.86. The number of hydrogen-bond acceptors (Lipinski definition) is 3. The van der Waals surface area contributed by atoms with Gasteiger partial charge in [-0.3, -0.25) is 4.79 Å². The van der Waals surface area contributed by atoms with Gasteiger partial charge in [0, 0.05) is 0 Å². The first-order valence-corrected chi connectivity index (χ1v) is 6.61. The maximum Gasteiger partial charge on any atom is 0.312 e. The second kappa shape index (κ2) is 4.31. The van der Waals surface area contributed by atoms with E-state index in [0.717, 1.165) is 4.68 Å². The van der Waals surface area contributed by atoms with Crippen LogP contribution in [0.2, 0.25) is 0 Å². The van der Waals surface area contributed by atoms with E-state index in [1.54, 1.807) is 12.1 Å². The number of aryl methyl sites for hydroxylation is 1. The van der Waals surface area contributed by atoms with Gasteiger partial charge in [0.2, 0.25) is 5.76 Å². The second-order valence-electron chi connectivity index (χ2n) is 5.93. The average molecular weight is 290 g/mol. The Morgan fingerprint density at radius 1 is 1.43 bits per heavy atom. The molecule has 1 aliphatic heterocycles. The normalized spacial score (nSPS) is 17.7. The fourth-order valence-corrected chi connectivity index (χ4v) is 2.69. The molecule has 0 radical (unpaired) electrons. The molecule has 0 saturated carbocycles. The molecule has 0 atom stereocenters. The van der Waals surface area contributed by atoms with Crippen molar-refractivity contribution in [2.75, 3.05) is 0 Å². The molecular formula is C15H15FN2O3. The molecule has 5 nitrogen and oxygen atoms in total. The molecule has 1 aromatic carbocycles. The van der Waals surface area contributed by atoms with Gasteiger partial charge in [-0.15, -0.1) is 4.68 Å². The molecular weight excluding hydrogens is 275 g/mol. The van der Waals surface area contributed by atoms with Crippen LogP contribution in [0.15, 0.2) is 24.3 Å². The van der Waals surface area contributed by atoms with Gasteiger partial charge in [0.25, 0.3) is 5.69 Å². The summed E-state index contributed by atoms with van der Waals surface area (Å²) < 4.78 is 20.3. The third-order valence-electron chi connectivity index (χ3n) is 3.61. The molecule has 0 fully saturated rings. The molecule has 1 aromatic heterocycles. The molecule has 110 valence electrons. The second-order valence-corrected chi connectivity index (χ2v) is 5.93. The van der Waals surface area contributed by atoms with Crippen LogP contribution in [-0.4, -0.2) is 10.7 Å². The molecule has 0 aliphatic carbocycles. The van der Waals surface area contributed by atoms with E-state index in [2.05, 4.69) is 0 Å². The smallest absolute Gasteiger partial charge is 0.312 e. The van der Waals surface area contributed by atoms with E-state index in [1.807, 2.05) is 13.8 Å². The van der Waals surface area contributed by atoms with Crippen LogP contribution in [0.3, 0.4) is 0 Å². The lowest BCUT2D eigenvalue weighted by Crippen LogP contribution is -2.40. The minimum Gasteiger partial charge on any atom is -0.595 e. The van der Waals surface area contributed by atoms with Gasteiger partial charge in [-0.1, -0.05) is 24.8 Å². The molecule has 3 rings (SSSR count). The molecule has 0 spiro atoms. The SMILES string of the molecule is Cn1c2c(F)cccc2c(C2=CC(C)(C)CC(=O)O2)[n+]1[O-]. The molecule has 0 saturated heterocycles. The summed E-state index contributed by atoms with van der Waals surface area (Å²) >= 11 is 0. The number of hydrogen-bond donors (Lipinski definition) is 0.